The van der Waals surface area contributed by atoms with Gasteiger partial charge in [-0.05, 0) is 19.4 Å². The highest BCUT2D eigenvalue weighted by atomic mass is 31.2. The standard InChI is InChI=1S/C12H27N.C8H19O4P/c1-2-3-4-5-6-7-8-9-10-11-12-13;1-2-3-4-5-6-7-8-12-13(9,10)11/h2-13H2,1H3;2-8H2,1H3,(H2,9,10,11). The fraction of sp³-hybridized carbons (Fsp3) is 1.00. The van der Waals surface area contributed by atoms with Gasteiger partial charge < -0.3 is 15.5 Å². The molecule has 0 aliphatic rings. The predicted molar refractivity (Wildman–Crippen MR) is 112 cm³/mol. The van der Waals surface area contributed by atoms with Crippen LogP contribution < -0.4 is 5.73 Å². The minimum Gasteiger partial charge on any atom is -0.330 e. The first-order chi connectivity index (χ1) is 12.5. The molecule has 0 aliphatic heterocycles. The predicted octanol–water partition coefficient (Wildman–Crippen LogP) is 6.32. The van der Waals surface area contributed by atoms with Crippen LogP contribution in [0.4, 0.5) is 0 Å². The maximum Gasteiger partial charge on any atom is 0.469 e. The lowest BCUT2D eigenvalue weighted by Gasteiger charge is -2.04. The van der Waals surface area contributed by atoms with Gasteiger partial charge >= 0.3 is 7.82 Å². The molecule has 26 heavy (non-hydrogen) atoms. The Morgan fingerprint density at radius 3 is 1.35 bits per heavy atom. The lowest BCUT2D eigenvalue weighted by molar-refractivity contribution is 0.193. The molecule has 0 aromatic heterocycles. The summed E-state index contributed by atoms with van der Waals surface area (Å²) in [6, 6.07) is 0. The Morgan fingerprint density at radius 2 is 1.00 bits per heavy atom. The van der Waals surface area contributed by atoms with Gasteiger partial charge in [0.05, 0.1) is 6.61 Å². The molecule has 0 saturated heterocycles. The van der Waals surface area contributed by atoms with Gasteiger partial charge in [-0.2, -0.15) is 0 Å². The summed E-state index contributed by atoms with van der Waals surface area (Å²) in [5.74, 6) is 0. The SMILES string of the molecule is CCCCCCCCCCCCN.CCCCCCCCOP(=O)(O)O. The second-order valence-corrected chi connectivity index (χ2v) is 8.30. The maximum absolute atomic E-state index is 10.2. The van der Waals surface area contributed by atoms with Crippen molar-refractivity contribution in [2.24, 2.45) is 5.73 Å². The molecular weight excluding hydrogens is 349 g/mol. The second kappa shape index (κ2) is 23.1. The van der Waals surface area contributed by atoms with Crippen LogP contribution in [0.5, 0.6) is 0 Å². The quantitative estimate of drug-likeness (QED) is 0.186. The Hall–Kier alpha value is 0.0700. The Labute approximate surface area is 162 Å². The largest absolute Gasteiger partial charge is 0.469 e. The van der Waals surface area contributed by atoms with E-state index < -0.39 is 7.82 Å². The molecule has 4 N–H and O–H groups in total. The second-order valence-electron chi connectivity index (χ2n) is 7.06. The van der Waals surface area contributed by atoms with Crippen LogP contribution in [0.1, 0.15) is 117 Å². The van der Waals surface area contributed by atoms with Crippen LogP contribution in [0.25, 0.3) is 0 Å². The van der Waals surface area contributed by atoms with E-state index in [-0.39, 0.29) is 6.61 Å². The van der Waals surface area contributed by atoms with Crippen molar-refractivity contribution >= 4 is 7.82 Å². The lowest BCUT2D eigenvalue weighted by atomic mass is 10.1. The summed E-state index contributed by atoms with van der Waals surface area (Å²) < 4.78 is 14.5. The third kappa shape index (κ3) is 31.8. The number of unbranched alkanes of at least 4 members (excludes halogenated alkanes) is 14. The van der Waals surface area contributed by atoms with Crippen molar-refractivity contribution < 1.29 is 18.9 Å². The van der Waals surface area contributed by atoms with Crippen molar-refractivity contribution in [2.75, 3.05) is 13.2 Å². The Bertz CT molecular complexity index is 288. The Balaban J connectivity index is 0. The first-order valence-electron chi connectivity index (χ1n) is 10.9. The Kier molecular flexibility index (Phi) is 25.1. The highest BCUT2D eigenvalue weighted by Gasteiger charge is 2.12. The van der Waals surface area contributed by atoms with Gasteiger partial charge in [-0.15, -0.1) is 0 Å². The summed E-state index contributed by atoms with van der Waals surface area (Å²) in [5.41, 5.74) is 5.42. The molecule has 0 atom stereocenters. The van der Waals surface area contributed by atoms with Crippen LogP contribution in [-0.4, -0.2) is 22.9 Å². The number of phosphoric ester groups is 1. The average molecular weight is 396 g/mol. The zero-order valence-corrected chi connectivity index (χ0v) is 18.4. The zero-order chi connectivity index (χ0) is 19.9. The van der Waals surface area contributed by atoms with Crippen molar-refractivity contribution in [2.45, 2.75) is 117 Å². The molecule has 0 radical (unpaired) electrons. The Morgan fingerprint density at radius 1 is 0.654 bits per heavy atom. The zero-order valence-electron chi connectivity index (χ0n) is 17.5. The molecule has 5 nitrogen and oxygen atoms in total. The van der Waals surface area contributed by atoms with Gasteiger partial charge in [0.2, 0.25) is 0 Å². The molecule has 0 rings (SSSR count). The number of phosphoric acid groups is 1. The van der Waals surface area contributed by atoms with Gasteiger partial charge in [0.15, 0.2) is 0 Å². The molecule has 0 fully saturated rings. The molecule has 0 saturated carbocycles. The summed E-state index contributed by atoms with van der Waals surface area (Å²) in [5, 5.41) is 0. The van der Waals surface area contributed by atoms with Gasteiger partial charge in [-0.1, -0.05) is 104 Å². The van der Waals surface area contributed by atoms with Crippen LogP contribution in [-0.2, 0) is 9.09 Å². The van der Waals surface area contributed by atoms with Crippen molar-refractivity contribution in [1.82, 2.24) is 0 Å². The van der Waals surface area contributed by atoms with Crippen molar-refractivity contribution in [3.63, 3.8) is 0 Å². The van der Waals surface area contributed by atoms with Crippen molar-refractivity contribution in [3.8, 4) is 0 Å². The topological polar surface area (TPSA) is 92.8 Å². The molecule has 0 bridgehead atoms. The highest BCUT2D eigenvalue weighted by molar-refractivity contribution is 7.46. The van der Waals surface area contributed by atoms with E-state index in [1.807, 2.05) is 0 Å². The number of hydrogen-bond acceptors (Lipinski definition) is 3. The van der Waals surface area contributed by atoms with E-state index in [4.69, 9.17) is 15.5 Å². The molecule has 0 aliphatic carbocycles. The summed E-state index contributed by atoms with van der Waals surface area (Å²) >= 11 is 0. The molecule has 6 heteroatoms. The molecule has 0 unspecified atom stereocenters. The fourth-order valence-electron chi connectivity index (χ4n) is 2.70. The monoisotopic (exact) mass is 395 g/mol. The minimum atomic E-state index is -4.23. The third-order valence-electron chi connectivity index (χ3n) is 4.32. The van der Waals surface area contributed by atoms with Gasteiger partial charge in [0.1, 0.15) is 0 Å². The molecule has 0 aromatic rings. The van der Waals surface area contributed by atoms with Gasteiger partial charge in [-0.25, -0.2) is 4.57 Å². The van der Waals surface area contributed by atoms with Crippen LogP contribution in [0.2, 0.25) is 0 Å². The molecule has 0 heterocycles. The van der Waals surface area contributed by atoms with Gasteiger partial charge in [0, 0.05) is 0 Å². The first kappa shape index (κ1) is 28.3. The highest BCUT2D eigenvalue weighted by Crippen LogP contribution is 2.35. The number of rotatable bonds is 18. The number of nitrogens with two attached hydrogens (primary N) is 1. The van der Waals surface area contributed by atoms with Crippen LogP contribution in [0, 0.1) is 0 Å². The fourth-order valence-corrected chi connectivity index (χ4v) is 3.06. The van der Waals surface area contributed by atoms with E-state index in [2.05, 4.69) is 18.4 Å². The lowest BCUT2D eigenvalue weighted by Crippen LogP contribution is -1.97. The molecule has 0 aromatic carbocycles. The maximum atomic E-state index is 10.2. The van der Waals surface area contributed by atoms with Crippen LogP contribution in [0.3, 0.4) is 0 Å². The number of hydrogen-bond donors (Lipinski definition) is 3. The van der Waals surface area contributed by atoms with Gasteiger partial charge in [0.25, 0.3) is 0 Å². The van der Waals surface area contributed by atoms with E-state index in [9.17, 15) is 4.57 Å². The van der Waals surface area contributed by atoms with E-state index in [0.29, 0.717) is 0 Å². The summed E-state index contributed by atoms with van der Waals surface area (Å²) in [6.45, 7) is 5.45. The summed E-state index contributed by atoms with van der Waals surface area (Å²) in [6.07, 6.45) is 20.4. The summed E-state index contributed by atoms with van der Waals surface area (Å²) in [7, 11) is -4.23. The van der Waals surface area contributed by atoms with Gasteiger partial charge in [-0.3, -0.25) is 4.52 Å². The first-order valence-corrected chi connectivity index (χ1v) is 12.4. The molecule has 160 valence electrons. The third-order valence-corrected chi connectivity index (χ3v) is 4.83. The van der Waals surface area contributed by atoms with E-state index in [1.54, 1.807) is 0 Å². The minimum absolute atomic E-state index is 0.163. The molecule has 0 spiro atoms. The average Bonchev–Trinajstić information content (AvgIpc) is 2.59. The van der Waals surface area contributed by atoms with Crippen molar-refractivity contribution in [3.05, 3.63) is 0 Å². The van der Waals surface area contributed by atoms with Crippen LogP contribution in [0.15, 0.2) is 0 Å². The van der Waals surface area contributed by atoms with E-state index in [0.717, 1.165) is 25.8 Å². The van der Waals surface area contributed by atoms with E-state index >= 15 is 0 Å². The smallest absolute Gasteiger partial charge is 0.330 e. The normalized spacial score (nSPS) is 11.3. The van der Waals surface area contributed by atoms with E-state index in [1.165, 1.54) is 83.5 Å². The van der Waals surface area contributed by atoms with Crippen LogP contribution >= 0.6 is 7.82 Å². The molecule has 0 amide bonds. The molecular formula is C20H46NO4P. The van der Waals surface area contributed by atoms with Crippen molar-refractivity contribution in [1.29, 1.82) is 0 Å². The summed E-state index contributed by atoms with van der Waals surface area (Å²) in [4.78, 5) is 16.7.